The molecule has 4 rings (SSSR count). The molecule has 0 radical (unpaired) electrons. The zero-order chi connectivity index (χ0) is 18.4. The van der Waals surface area contributed by atoms with Crippen molar-refractivity contribution in [3.63, 3.8) is 0 Å². The van der Waals surface area contributed by atoms with E-state index in [1.807, 2.05) is 6.92 Å². The van der Waals surface area contributed by atoms with Crippen LogP contribution in [0.5, 0.6) is 5.88 Å². The van der Waals surface area contributed by atoms with Gasteiger partial charge in [0.2, 0.25) is 10.8 Å². The number of fused-ring (bicyclic) bond motifs is 1. The van der Waals surface area contributed by atoms with E-state index in [0.29, 0.717) is 17.7 Å². The fourth-order valence-corrected chi connectivity index (χ4v) is 5.39. The second-order valence-electron chi connectivity index (χ2n) is 7.86. The minimum absolute atomic E-state index is 0.0367. The van der Waals surface area contributed by atoms with Crippen molar-refractivity contribution in [1.82, 2.24) is 19.5 Å². The SMILES string of the molecule is Cc1ccc([C@H](c2sc3nc(C)nn3c2O)N2C[C@H](C)C[C@@H](C)C2)cc1. The minimum atomic E-state index is 0.0367. The van der Waals surface area contributed by atoms with E-state index in [1.165, 1.54) is 17.5 Å². The van der Waals surface area contributed by atoms with Crippen molar-refractivity contribution in [3.8, 4) is 5.88 Å². The maximum absolute atomic E-state index is 10.9. The van der Waals surface area contributed by atoms with Crippen LogP contribution in [0.2, 0.25) is 0 Å². The van der Waals surface area contributed by atoms with Crippen molar-refractivity contribution >= 4 is 16.3 Å². The molecule has 1 aromatic carbocycles. The molecule has 1 saturated heterocycles. The first-order valence-corrected chi connectivity index (χ1v) is 10.1. The molecule has 3 heterocycles. The lowest BCUT2D eigenvalue weighted by Crippen LogP contribution is -2.41. The summed E-state index contributed by atoms with van der Waals surface area (Å²) in [6.07, 6.45) is 1.26. The van der Waals surface area contributed by atoms with Crippen LogP contribution in [-0.2, 0) is 0 Å². The summed E-state index contributed by atoms with van der Waals surface area (Å²) < 4.78 is 1.58. The smallest absolute Gasteiger partial charge is 0.230 e. The van der Waals surface area contributed by atoms with Crippen LogP contribution in [-0.4, -0.2) is 37.7 Å². The summed E-state index contributed by atoms with van der Waals surface area (Å²) in [5, 5.41) is 15.2. The van der Waals surface area contributed by atoms with Crippen LogP contribution in [0.1, 0.15) is 48.1 Å². The third-order valence-corrected chi connectivity index (χ3v) is 6.28. The van der Waals surface area contributed by atoms with Gasteiger partial charge in [-0.05, 0) is 37.7 Å². The van der Waals surface area contributed by atoms with E-state index in [2.05, 4.69) is 60.0 Å². The van der Waals surface area contributed by atoms with E-state index < -0.39 is 0 Å². The highest BCUT2D eigenvalue weighted by molar-refractivity contribution is 7.17. The molecular formula is C20H26N4OS. The van der Waals surface area contributed by atoms with E-state index in [1.54, 1.807) is 15.9 Å². The van der Waals surface area contributed by atoms with Gasteiger partial charge in [-0.25, -0.2) is 4.98 Å². The molecule has 1 N–H and O–H groups in total. The minimum Gasteiger partial charge on any atom is -0.492 e. The van der Waals surface area contributed by atoms with Gasteiger partial charge in [0.15, 0.2) is 0 Å². The summed E-state index contributed by atoms with van der Waals surface area (Å²) in [6.45, 7) is 10.7. The molecule has 2 aromatic heterocycles. The number of nitrogens with zero attached hydrogens (tertiary/aromatic N) is 4. The Kier molecular flexibility index (Phi) is 4.49. The van der Waals surface area contributed by atoms with E-state index in [4.69, 9.17) is 0 Å². The van der Waals surface area contributed by atoms with Gasteiger partial charge in [-0.15, -0.1) is 5.10 Å². The third-order valence-electron chi connectivity index (χ3n) is 5.21. The summed E-state index contributed by atoms with van der Waals surface area (Å²) >= 11 is 1.55. The van der Waals surface area contributed by atoms with Crippen molar-refractivity contribution in [2.24, 2.45) is 11.8 Å². The fraction of sp³-hybridized carbons (Fsp3) is 0.500. The van der Waals surface area contributed by atoms with Gasteiger partial charge in [0.25, 0.3) is 0 Å². The lowest BCUT2D eigenvalue weighted by Gasteiger charge is -2.40. The molecule has 3 atom stereocenters. The molecule has 0 aliphatic carbocycles. The van der Waals surface area contributed by atoms with Gasteiger partial charge >= 0.3 is 0 Å². The van der Waals surface area contributed by atoms with Crippen LogP contribution in [0, 0.1) is 25.7 Å². The van der Waals surface area contributed by atoms with Gasteiger partial charge in [0, 0.05) is 13.1 Å². The average molecular weight is 371 g/mol. The zero-order valence-corrected chi connectivity index (χ0v) is 16.6. The largest absolute Gasteiger partial charge is 0.492 e. The molecule has 5 nitrogen and oxygen atoms in total. The molecule has 1 fully saturated rings. The number of benzene rings is 1. The number of likely N-dealkylation sites (tertiary alicyclic amines) is 1. The third kappa shape index (κ3) is 3.12. The van der Waals surface area contributed by atoms with Gasteiger partial charge in [0.1, 0.15) is 5.82 Å². The van der Waals surface area contributed by atoms with Crippen LogP contribution in [0.25, 0.3) is 4.96 Å². The van der Waals surface area contributed by atoms with E-state index in [9.17, 15) is 5.11 Å². The topological polar surface area (TPSA) is 53.7 Å². The first kappa shape index (κ1) is 17.5. The van der Waals surface area contributed by atoms with E-state index >= 15 is 0 Å². The zero-order valence-electron chi connectivity index (χ0n) is 15.8. The van der Waals surface area contributed by atoms with E-state index in [0.717, 1.165) is 22.9 Å². The molecular weight excluding hydrogens is 344 g/mol. The highest BCUT2D eigenvalue weighted by atomic mass is 32.1. The number of aromatic nitrogens is 3. The van der Waals surface area contributed by atoms with Crippen LogP contribution in [0.3, 0.4) is 0 Å². The normalized spacial score (nSPS) is 22.8. The molecule has 26 heavy (non-hydrogen) atoms. The quantitative estimate of drug-likeness (QED) is 0.751. The summed E-state index contributed by atoms with van der Waals surface area (Å²) in [6, 6.07) is 8.71. The number of aryl methyl sites for hydroxylation is 2. The molecule has 0 unspecified atom stereocenters. The molecule has 1 aliphatic heterocycles. The highest BCUT2D eigenvalue weighted by Gasteiger charge is 2.33. The highest BCUT2D eigenvalue weighted by Crippen LogP contribution is 2.41. The number of rotatable bonds is 3. The molecule has 3 aromatic rings. The number of hydrogen-bond donors (Lipinski definition) is 1. The van der Waals surface area contributed by atoms with Crippen molar-refractivity contribution in [3.05, 3.63) is 46.1 Å². The van der Waals surface area contributed by atoms with Crippen molar-refractivity contribution < 1.29 is 5.11 Å². The van der Waals surface area contributed by atoms with Crippen LogP contribution >= 0.6 is 11.3 Å². The van der Waals surface area contributed by atoms with E-state index in [-0.39, 0.29) is 11.9 Å². The second kappa shape index (κ2) is 6.67. The van der Waals surface area contributed by atoms with Crippen molar-refractivity contribution in [2.45, 2.75) is 40.2 Å². The Morgan fingerprint density at radius 1 is 1.12 bits per heavy atom. The van der Waals surface area contributed by atoms with Crippen LogP contribution < -0.4 is 0 Å². The van der Waals surface area contributed by atoms with Crippen LogP contribution in [0.4, 0.5) is 0 Å². The van der Waals surface area contributed by atoms with Gasteiger partial charge < -0.3 is 5.11 Å². The van der Waals surface area contributed by atoms with Crippen LogP contribution in [0.15, 0.2) is 24.3 Å². The average Bonchev–Trinajstić information content (AvgIpc) is 3.07. The Morgan fingerprint density at radius 3 is 2.38 bits per heavy atom. The number of piperidine rings is 1. The Hall–Kier alpha value is -1.92. The van der Waals surface area contributed by atoms with Crippen molar-refractivity contribution in [2.75, 3.05) is 13.1 Å². The summed E-state index contributed by atoms with van der Waals surface area (Å²) in [5.41, 5.74) is 2.46. The second-order valence-corrected chi connectivity index (χ2v) is 8.87. The van der Waals surface area contributed by atoms with Crippen molar-refractivity contribution in [1.29, 1.82) is 0 Å². The number of hydrogen-bond acceptors (Lipinski definition) is 5. The monoisotopic (exact) mass is 370 g/mol. The lowest BCUT2D eigenvalue weighted by molar-refractivity contribution is 0.112. The molecule has 138 valence electrons. The molecule has 0 saturated carbocycles. The summed E-state index contributed by atoms with van der Waals surface area (Å²) in [5.74, 6) is 2.21. The number of thiazole rings is 1. The molecule has 0 spiro atoms. The molecule has 6 heteroatoms. The Balaban J connectivity index is 1.82. The Morgan fingerprint density at radius 2 is 1.77 bits per heavy atom. The lowest BCUT2D eigenvalue weighted by atomic mass is 9.89. The van der Waals surface area contributed by atoms with Gasteiger partial charge in [0.05, 0.1) is 10.9 Å². The maximum atomic E-state index is 10.9. The first-order chi connectivity index (χ1) is 12.4. The molecule has 1 aliphatic rings. The van der Waals surface area contributed by atoms with Gasteiger partial charge in [-0.1, -0.05) is 55.0 Å². The summed E-state index contributed by atoms with van der Waals surface area (Å²) in [4.78, 5) is 8.66. The molecule has 0 amide bonds. The Bertz CT molecular complexity index is 904. The predicted molar refractivity (Wildman–Crippen MR) is 105 cm³/mol. The number of aromatic hydroxyl groups is 1. The first-order valence-electron chi connectivity index (χ1n) is 9.28. The summed E-state index contributed by atoms with van der Waals surface area (Å²) in [7, 11) is 0. The standard InChI is InChI=1S/C20H26N4OS/c1-12-5-7-16(8-6-12)17(23-10-13(2)9-14(3)11-23)18-19(25)24-20(26-18)21-15(4)22-24/h5-8,13-14,17,25H,9-11H2,1-4H3/t13-,14-,17-/m1/s1. The predicted octanol–water partition coefficient (Wildman–Crippen LogP) is 4.18. The Labute approximate surface area is 158 Å². The van der Waals surface area contributed by atoms with Gasteiger partial charge in [-0.3, -0.25) is 4.90 Å². The fourth-order valence-electron chi connectivity index (χ4n) is 4.22. The molecule has 0 bridgehead atoms. The van der Waals surface area contributed by atoms with Gasteiger partial charge in [-0.2, -0.15) is 4.52 Å². The maximum Gasteiger partial charge on any atom is 0.230 e.